The van der Waals surface area contributed by atoms with Gasteiger partial charge in [0.25, 0.3) is 5.91 Å². The van der Waals surface area contributed by atoms with E-state index >= 15 is 0 Å². The quantitative estimate of drug-likeness (QED) is 0.681. The van der Waals surface area contributed by atoms with Crippen molar-refractivity contribution in [2.24, 2.45) is 5.10 Å². The second kappa shape index (κ2) is 7.36. The summed E-state index contributed by atoms with van der Waals surface area (Å²) >= 11 is 0. The predicted octanol–water partition coefficient (Wildman–Crippen LogP) is 3.05. The second-order valence-electron chi connectivity index (χ2n) is 4.84. The molecule has 0 atom stereocenters. The van der Waals surface area contributed by atoms with Crippen LogP contribution in [0.25, 0.3) is 0 Å². The van der Waals surface area contributed by atoms with Gasteiger partial charge in [0, 0.05) is 0 Å². The Balaban J connectivity index is 1.85. The summed E-state index contributed by atoms with van der Waals surface area (Å²) < 4.78 is 18.0. The van der Waals surface area contributed by atoms with Gasteiger partial charge >= 0.3 is 0 Å². The number of hydrazone groups is 1. The molecule has 0 bridgehead atoms. The third-order valence-electron chi connectivity index (χ3n) is 3.00. The van der Waals surface area contributed by atoms with Gasteiger partial charge < -0.3 is 4.74 Å². The summed E-state index contributed by atoms with van der Waals surface area (Å²) in [5.74, 6) is -0.304. The number of nitrogens with one attached hydrogen (secondary N) is 1. The third-order valence-corrected chi connectivity index (χ3v) is 3.00. The first-order chi connectivity index (χ1) is 10.5. The first kappa shape index (κ1) is 15.7. The maximum atomic E-state index is 12.7. The van der Waals surface area contributed by atoms with Gasteiger partial charge in [-0.25, -0.2) is 9.82 Å². The van der Waals surface area contributed by atoms with Crippen LogP contribution in [0.5, 0.6) is 5.75 Å². The zero-order chi connectivity index (χ0) is 15.9. The van der Waals surface area contributed by atoms with E-state index in [0.29, 0.717) is 11.5 Å². The van der Waals surface area contributed by atoms with Crippen LogP contribution < -0.4 is 10.2 Å². The van der Waals surface area contributed by atoms with E-state index in [4.69, 9.17) is 4.74 Å². The SMILES string of the molecule is CC(=NNC(=O)COc1ccc(F)cc1)c1ccc(C)cc1. The van der Waals surface area contributed by atoms with Crippen molar-refractivity contribution < 1.29 is 13.9 Å². The molecule has 0 radical (unpaired) electrons. The average Bonchev–Trinajstić information content (AvgIpc) is 2.52. The lowest BCUT2D eigenvalue weighted by atomic mass is 10.1. The Labute approximate surface area is 128 Å². The minimum atomic E-state index is -0.379. The lowest BCUT2D eigenvalue weighted by molar-refractivity contribution is -0.123. The summed E-state index contributed by atoms with van der Waals surface area (Å²) in [7, 11) is 0. The van der Waals surface area contributed by atoms with Gasteiger partial charge in [-0.3, -0.25) is 4.79 Å². The lowest BCUT2D eigenvalue weighted by Crippen LogP contribution is -2.25. The molecule has 2 aromatic rings. The van der Waals surface area contributed by atoms with Crippen LogP contribution in [0.2, 0.25) is 0 Å². The van der Waals surface area contributed by atoms with Crippen LogP contribution in [0, 0.1) is 12.7 Å². The van der Waals surface area contributed by atoms with Crippen molar-refractivity contribution in [3.63, 3.8) is 0 Å². The lowest BCUT2D eigenvalue weighted by Gasteiger charge is -2.06. The molecule has 2 aromatic carbocycles. The molecule has 2 rings (SSSR count). The van der Waals surface area contributed by atoms with Crippen LogP contribution in [0.1, 0.15) is 18.1 Å². The summed E-state index contributed by atoms with van der Waals surface area (Å²) in [4.78, 5) is 11.7. The summed E-state index contributed by atoms with van der Waals surface area (Å²) in [5.41, 5.74) is 5.23. The second-order valence-corrected chi connectivity index (χ2v) is 4.84. The molecule has 4 nitrogen and oxygen atoms in total. The van der Waals surface area contributed by atoms with Gasteiger partial charge in [-0.15, -0.1) is 0 Å². The summed E-state index contributed by atoms with van der Waals surface area (Å²) in [6.45, 7) is 3.63. The summed E-state index contributed by atoms with van der Waals surface area (Å²) in [6.07, 6.45) is 0. The van der Waals surface area contributed by atoms with Crippen LogP contribution in [0.4, 0.5) is 4.39 Å². The molecule has 0 aliphatic heterocycles. The molecular weight excluding hydrogens is 283 g/mol. The number of carbonyl (C=O) groups is 1. The fourth-order valence-corrected chi connectivity index (χ4v) is 1.72. The molecule has 0 aromatic heterocycles. The first-order valence-corrected chi connectivity index (χ1v) is 6.83. The van der Waals surface area contributed by atoms with Crippen molar-refractivity contribution >= 4 is 11.6 Å². The fourth-order valence-electron chi connectivity index (χ4n) is 1.72. The molecule has 5 heteroatoms. The Morgan fingerprint density at radius 2 is 1.77 bits per heavy atom. The number of aryl methyl sites for hydroxylation is 1. The molecule has 22 heavy (non-hydrogen) atoms. The number of ether oxygens (including phenoxy) is 1. The zero-order valence-corrected chi connectivity index (χ0v) is 12.5. The number of amides is 1. The number of rotatable bonds is 5. The van der Waals surface area contributed by atoms with E-state index in [1.54, 1.807) is 0 Å². The molecule has 0 saturated carbocycles. The molecule has 0 heterocycles. The first-order valence-electron chi connectivity index (χ1n) is 6.83. The highest BCUT2D eigenvalue weighted by Crippen LogP contribution is 2.10. The Morgan fingerprint density at radius 3 is 2.41 bits per heavy atom. The van der Waals surface area contributed by atoms with Crippen LogP contribution in [0.3, 0.4) is 0 Å². The van der Waals surface area contributed by atoms with E-state index in [9.17, 15) is 9.18 Å². The Bertz CT molecular complexity index is 664. The highest BCUT2D eigenvalue weighted by molar-refractivity contribution is 5.99. The van der Waals surface area contributed by atoms with Gasteiger partial charge in [0.15, 0.2) is 6.61 Å². The maximum absolute atomic E-state index is 12.7. The highest BCUT2D eigenvalue weighted by Gasteiger charge is 2.03. The molecule has 0 aliphatic rings. The summed E-state index contributed by atoms with van der Waals surface area (Å²) in [5, 5.41) is 4.03. The zero-order valence-electron chi connectivity index (χ0n) is 12.5. The number of halogens is 1. The van der Waals surface area contributed by atoms with Gasteiger partial charge in [0.05, 0.1) is 5.71 Å². The van der Waals surface area contributed by atoms with Gasteiger partial charge in [0.1, 0.15) is 11.6 Å². The van der Waals surface area contributed by atoms with Crippen molar-refractivity contribution in [3.05, 3.63) is 65.5 Å². The van der Waals surface area contributed by atoms with Crippen LogP contribution in [-0.2, 0) is 4.79 Å². The standard InChI is InChI=1S/C17H17FN2O2/c1-12-3-5-14(6-4-12)13(2)19-20-17(21)11-22-16-9-7-15(18)8-10-16/h3-10H,11H2,1-2H3,(H,20,21). The number of hydrogen-bond donors (Lipinski definition) is 1. The average molecular weight is 300 g/mol. The van der Waals surface area contributed by atoms with E-state index in [2.05, 4.69) is 10.5 Å². The fraction of sp³-hybridized carbons (Fsp3) is 0.176. The topological polar surface area (TPSA) is 50.7 Å². The van der Waals surface area contributed by atoms with Crippen molar-refractivity contribution in [1.29, 1.82) is 0 Å². The highest BCUT2D eigenvalue weighted by atomic mass is 19.1. The van der Waals surface area contributed by atoms with Crippen molar-refractivity contribution in [2.75, 3.05) is 6.61 Å². The van der Waals surface area contributed by atoms with Crippen molar-refractivity contribution in [2.45, 2.75) is 13.8 Å². The Morgan fingerprint density at radius 1 is 1.14 bits per heavy atom. The van der Waals surface area contributed by atoms with E-state index in [1.165, 1.54) is 24.3 Å². The Kier molecular flexibility index (Phi) is 5.25. The Hall–Kier alpha value is -2.69. The van der Waals surface area contributed by atoms with E-state index in [0.717, 1.165) is 11.1 Å². The van der Waals surface area contributed by atoms with Gasteiger partial charge in [-0.1, -0.05) is 29.8 Å². The molecule has 114 valence electrons. The number of carbonyl (C=O) groups excluding carboxylic acids is 1. The number of benzene rings is 2. The van der Waals surface area contributed by atoms with Crippen molar-refractivity contribution in [3.8, 4) is 5.75 Å². The van der Waals surface area contributed by atoms with Gasteiger partial charge in [-0.2, -0.15) is 5.10 Å². The molecular formula is C17H17FN2O2. The smallest absolute Gasteiger partial charge is 0.277 e. The number of nitrogens with zero attached hydrogens (tertiary/aromatic N) is 1. The monoisotopic (exact) mass is 300 g/mol. The molecule has 1 N–H and O–H groups in total. The van der Waals surface area contributed by atoms with Crippen molar-refractivity contribution in [1.82, 2.24) is 5.43 Å². The summed E-state index contributed by atoms with van der Waals surface area (Å²) in [6, 6.07) is 13.3. The molecule has 0 saturated heterocycles. The van der Waals surface area contributed by atoms with Crippen LogP contribution >= 0.6 is 0 Å². The third kappa shape index (κ3) is 4.70. The molecule has 1 amide bonds. The minimum Gasteiger partial charge on any atom is -0.484 e. The van der Waals surface area contributed by atoms with E-state index in [1.807, 2.05) is 38.1 Å². The van der Waals surface area contributed by atoms with Crippen LogP contribution in [0.15, 0.2) is 53.6 Å². The largest absolute Gasteiger partial charge is 0.484 e. The van der Waals surface area contributed by atoms with E-state index in [-0.39, 0.29) is 18.3 Å². The minimum absolute atomic E-state index is 0.184. The van der Waals surface area contributed by atoms with Gasteiger partial charge in [-0.05, 0) is 43.7 Å². The maximum Gasteiger partial charge on any atom is 0.277 e. The van der Waals surface area contributed by atoms with Gasteiger partial charge in [0.2, 0.25) is 0 Å². The van der Waals surface area contributed by atoms with Crippen LogP contribution in [-0.4, -0.2) is 18.2 Å². The number of hydrogen-bond acceptors (Lipinski definition) is 3. The molecule has 0 unspecified atom stereocenters. The molecule has 0 spiro atoms. The normalized spacial score (nSPS) is 11.1. The molecule has 0 aliphatic carbocycles. The van der Waals surface area contributed by atoms with E-state index < -0.39 is 0 Å². The molecule has 0 fully saturated rings. The predicted molar refractivity (Wildman–Crippen MR) is 83.4 cm³/mol.